The molecule has 1 aliphatic rings. The van der Waals surface area contributed by atoms with Crippen molar-refractivity contribution in [1.82, 2.24) is 4.90 Å². The fraction of sp³-hybridized carbons (Fsp3) is 0.200. The first-order valence-electron chi connectivity index (χ1n) is 4.77. The second-order valence-corrected chi connectivity index (χ2v) is 5.56. The third-order valence-electron chi connectivity index (χ3n) is 2.45. The van der Waals surface area contributed by atoms with E-state index >= 15 is 0 Å². The summed E-state index contributed by atoms with van der Waals surface area (Å²) in [5.74, 6) is -0.957. The first kappa shape index (κ1) is 12.2. The summed E-state index contributed by atoms with van der Waals surface area (Å²) in [6, 6.07) is 6.38. The van der Waals surface area contributed by atoms with E-state index in [-0.39, 0.29) is 6.54 Å². The van der Waals surface area contributed by atoms with Gasteiger partial charge in [0.25, 0.3) is 16.9 Å². The number of alkyl halides is 1. The van der Waals surface area contributed by atoms with E-state index in [1.54, 1.807) is 12.1 Å². The molecule has 17 heavy (non-hydrogen) atoms. The molecule has 0 spiro atoms. The molecule has 0 aromatic heterocycles. The normalized spacial score (nSPS) is 17.1. The Morgan fingerprint density at radius 1 is 1.24 bits per heavy atom. The number of rotatable bonds is 3. The maximum Gasteiger partial charge on any atom is 0.526 e. The Kier molecular flexibility index (Phi) is 3.24. The van der Waals surface area contributed by atoms with E-state index in [1.807, 2.05) is 0 Å². The molecule has 0 fully saturated rings. The van der Waals surface area contributed by atoms with Crippen LogP contribution in [0.2, 0.25) is 0 Å². The highest BCUT2D eigenvalue weighted by molar-refractivity contribution is 7.41. The predicted molar refractivity (Wildman–Crippen MR) is 61.3 cm³/mol. The van der Waals surface area contributed by atoms with Gasteiger partial charge in [-0.3, -0.25) is 14.5 Å². The number of halogens is 1. The Labute approximate surface area is 103 Å². The molecule has 88 valence electrons. The van der Waals surface area contributed by atoms with Gasteiger partial charge in [-0.1, -0.05) is 23.7 Å². The summed E-state index contributed by atoms with van der Waals surface area (Å²) in [6.07, 6.45) is 0. The molecule has 0 saturated heterocycles. The molecule has 0 saturated carbocycles. The van der Waals surface area contributed by atoms with Gasteiger partial charge < -0.3 is 0 Å². The van der Waals surface area contributed by atoms with Gasteiger partial charge in [0.15, 0.2) is 0 Å². The molecule has 2 amide bonds. The molecule has 2 atom stereocenters. The molecule has 1 N–H and O–H groups in total. The average molecular weight is 273 g/mol. The molecular weight excluding hydrogens is 265 g/mol. The minimum absolute atomic E-state index is 0.264. The van der Waals surface area contributed by atoms with Crippen molar-refractivity contribution in [3.8, 4) is 0 Å². The Balaban J connectivity index is 2.27. The van der Waals surface area contributed by atoms with E-state index < -0.39 is 25.0 Å². The molecule has 7 heteroatoms. The number of carbonyl (C=O) groups is 2. The summed E-state index contributed by atoms with van der Waals surface area (Å²) < 4.78 is 10.7. The third-order valence-corrected chi connectivity index (χ3v) is 3.73. The second-order valence-electron chi connectivity index (χ2n) is 3.50. The molecule has 1 aromatic carbocycles. The summed E-state index contributed by atoms with van der Waals surface area (Å²) in [4.78, 5) is 33.4. The predicted octanol–water partition coefficient (Wildman–Crippen LogP) is 1.58. The first-order valence-corrected chi connectivity index (χ1v) is 6.48. The molecule has 2 unspecified atom stereocenters. The molecule has 1 aliphatic heterocycles. The molecule has 2 rings (SSSR count). The second kappa shape index (κ2) is 4.53. The topological polar surface area (TPSA) is 74.7 Å². The Morgan fingerprint density at radius 3 is 2.12 bits per heavy atom. The van der Waals surface area contributed by atoms with Gasteiger partial charge in [-0.25, -0.2) is 0 Å². The maximum atomic E-state index is 11.8. The summed E-state index contributed by atoms with van der Waals surface area (Å²) in [6.45, 7) is -0.264. The Morgan fingerprint density at radius 2 is 1.71 bits per heavy atom. The SMILES string of the molecule is O=C1c2ccccc2C(=O)N1CC(Cl)[P+](=O)O. The van der Waals surface area contributed by atoms with Crippen LogP contribution in [-0.4, -0.2) is 33.3 Å². The van der Waals surface area contributed by atoms with Gasteiger partial charge >= 0.3 is 8.03 Å². The fourth-order valence-corrected chi connectivity index (χ4v) is 2.07. The van der Waals surface area contributed by atoms with Gasteiger partial charge in [0.2, 0.25) is 0 Å². The van der Waals surface area contributed by atoms with Crippen LogP contribution in [0, 0.1) is 0 Å². The maximum absolute atomic E-state index is 11.8. The number of fused-ring (bicyclic) bond motifs is 1. The number of carbonyl (C=O) groups excluding carboxylic acids is 2. The van der Waals surface area contributed by atoms with Crippen molar-refractivity contribution in [3.05, 3.63) is 35.4 Å². The molecule has 0 radical (unpaired) electrons. The van der Waals surface area contributed by atoms with Gasteiger partial charge in [-0.05, 0) is 16.7 Å². The van der Waals surface area contributed by atoms with Crippen molar-refractivity contribution in [2.75, 3.05) is 6.54 Å². The fourth-order valence-electron chi connectivity index (χ4n) is 1.63. The summed E-state index contributed by atoms with van der Waals surface area (Å²) >= 11 is 5.59. The van der Waals surface area contributed by atoms with Gasteiger partial charge in [0.05, 0.1) is 17.7 Å². The lowest BCUT2D eigenvalue weighted by atomic mass is 10.1. The van der Waals surface area contributed by atoms with Crippen LogP contribution in [0.4, 0.5) is 0 Å². The van der Waals surface area contributed by atoms with Crippen molar-refractivity contribution in [2.24, 2.45) is 0 Å². The third kappa shape index (κ3) is 2.09. The minimum atomic E-state index is -2.62. The molecular formula is C10H8ClNO4P+. The van der Waals surface area contributed by atoms with Crippen LogP contribution in [0.1, 0.15) is 20.7 Å². The number of nitrogens with zero attached hydrogens (tertiary/aromatic N) is 1. The van der Waals surface area contributed by atoms with Crippen molar-refractivity contribution in [2.45, 2.75) is 5.12 Å². The highest BCUT2D eigenvalue weighted by Crippen LogP contribution is 2.30. The quantitative estimate of drug-likeness (QED) is 0.515. The lowest BCUT2D eigenvalue weighted by Gasteiger charge is -2.11. The van der Waals surface area contributed by atoms with Gasteiger partial charge in [0.1, 0.15) is 0 Å². The van der Waals surface area contributed by atoms with Crippen LogP contribution in [0.15, 0.2) is 24.3 Å². The van der Waals surface area contributed by atoms with E-state index in [9.17, 15) is 14.2 Å². The smallest absolute Gasteiger partial charge is 0.269 e. The summed E-state index contributed by atoms with van der Waals surface area (Å²) in [5.41, 5.74) is 0.601. The van der Waals surface area contributed by atoms with E-state index in [2.05, 4.69) is 0 Å². The molecule has 0 bridgehead atoms. The van der Waals surface area contributed by atoms with E-state index in [0.717, 1.165) is 4.90 Å². The molecule has 5 nitrogen and oxygen atoms in total. The molecule has 1 aromatic rings. The average Bonchev–Trinajstić information content (AvgIpc) is 2.55. The van der Waals surface area contributed by atoms with Crippen molar-refractivity contribution in [3.63, 3.8) is 0 Å². The number of hydrogen-bond donors (Lipinski definition) is 1. The zero-order chi connectivity index (χ0) is 12.6. The monoisotopic (exact) mass is 272 g/mol. The number of amides is 2. The summed E-state index contributed by atoms with van der Waals surface area (Å²) in [5, 5.41) is -1.15. The van der Waals surface area contributed by atoms with Crippen molar-refractivity contribution >= 4 is 31.4 Å². The van der Waals surface area contributed by atoms with Crippen LogP contribution < -0.4 is 0 Å². The lowest BCUT2D eigenvalue weighted by molar-refractivity contribution is 0.0660. The highest BCUT2D eigenvalue weighted by Gasteiger charge is 2.40. The van der Waals surface area contributed by atoms with E-state index in [4.69, 9.17) is 16.5 Å². The lowest BCUT2D eigenvalue weighted by Crippen LogP contribution is -2.34. The Hall–Kier alpha value is -1.29. The van der Waals surface area contributed by atoms with Crippen LogP contribution in [-0.2, 0) is 4.57 Å². The van der Waals surface area contributed by atoms with Gasteiger partial charge in [-0.2, -0.15) is 4.89 Å². The van der Waals surface area contributed by atoms with Gasteiger partial charge in [0, 0.05) is 0 Å². The van der Waals surface area contributed by atoms with Crippen LogP contribution in [0.25, 0.3) is 0 Å². The van der Waals surface area contributed by atoms with E-state index in [1.165, 1.54) is 12.1 Å². The number of imide groups is 1. The van der Waals surface area contributed by atoms with Crippen molar-refractivity contribution < 1.29 is 19.0 Å². The zero-order valence-corrected chi connectivity index (χ0v) is 10.2. The van der Waals surface area contributed by atoms with E-state index in [0.29, 0.717) is 11.1 Å². The van der Waals surface area contributed by atoms with Crippen LogP contribution in [0.3, 0.4) is 0 Å². The van der Waals surface area contributed by atoms with Crippen LogP contribution in [0.5, 0.6) is 0 Å². The first-order chi connectivity index (χ1) is 8.02. The molecule has 1 heterocycles. The van der Waals surface area contributed by atoms with Crippen molar-refractivity contribution in [1.29, 1.82) is 0 Å². The molecule has 0 aliphatic carbocycles. The zero-order valence-electron chi connectivity index (χ0n) is 8.54. The minimum Gasteiger partial charge on any atom is -0.269 e. The van der Waals surface area contributed by atoms with Gasteiger partial charge in [-0.15, -0.1) is 0 Å². The van der Waals surface area contributed by atoms with Crippen LogP contribution >= 0.6 is 19.6 Å². The number of benzene rings is 1. The standard InChI is InChI=1S/C10H7ClNO4P/c11-8(17(15)16)5-12-9(13)6-3-1-2-4-7(6)10(12)14/h1-4,8H,5H2/p+1. The largest absolute Gasteiger partial charge is 0.526 e. The number of hydrogen-bond acceptors (Lipinski definition) is 3. The Bertz CT molecular complexity index is 484. The summed E-state index contributed by atoms with van der Waals surface area (Å²) in [7, 11) is -2.62. The highest BCUT2D eigenvalue weighted by atomic mass is 35.5.